The number of halogens is 3. The fourth-order valence-electron chi connectivity index (χ4n) is 3.32. The minimum Gasteiger partial charge on any atom is -0.493 e. The normalized spacial score (nSPS) is 15.3. The second kappa shape index (κ2) is 13.6. The van der Waals surface area contributed by atoms with Crippen molar-refractivity contribution in [1.82, 2.24) is 4.90 Å². The van der Waals surface area contributed by atoms with Crippen LogP contribution in [-0.4, -0.2) is 77.9 Å². The van der Waals surface area contributed by atoms with Crippen LogP contribution in [0.2, 0.25) is 0 Å². The van der Waals surface area contributed by atoms with Gasteiger partial charge in [0.15, 0.2) is 11.5 Å². The van der Waals surface area contributed by atoms with Gasteiger partial charge in [0.1, 0.15) is 13.2 Å². The van der Waals surface area contributed by atoms with E-state index >= 15 is 0 Å². The van der Waals surface area contributed by atoms with Crippen molar-refractivity contribution in [1.29, 1.82) is 0 Å². The van der Waals surface area contributed by atoms with Crippen molar-refractivity contribution in [3.05, 3.63) is 30.4 Å². The molecule has 1 atom stereocenters. The fraction of sp³-hybridized carbons (Fsp3) is 0.500. The molecule has 0 unspecified atom stereocenters. The lowest BCUT2D eigenvalue weighted by molar-refractivity contribution is -0.142. The highest BCUT2D eigenvalue weighted by molar-refractivity contribution is 6.67. The van der Waals surface area contributed by atoms with Crippen LogP contribution in [0.3, 0.4) is 0 Å². The number of aliphatic hydroxyl groups is 1. The zero-order chi connectivity index (χ0) is 26.0. The van der Waals surface area contributed by atoms with Crippen LogP contribution >= 0.6 is 34.8 Å². The lowest BCUT2D eigenvalue weighted by Crippen LogP contribution is -2.38. The maximum Gasteiger partial charge on any atom is 0.411 e. The van der Waals surface area contributed by atoms with Crippen LogP contribution in [0.4, 0.5) is 10.5 Å². The Balaban J connectivity index is 2.30. The summed E-state index contributed by atoms with van der Waals surface area (Å²) >= 11 is 16.9. The predicted molar refractivity (Wildman–Crippen MR) is 131 cm³/mol. The third-order valence-electron chi connectivity index (χ3n) is 4.91. The summed E-state index contributed by atoms with van der Waals surface area (Å²) in [6.07, 6.45) is 1.79. The number of aliphatic hydroxyl groups excluding tert-OH is 1. The zero-order valence-electron chi connectivity index (χ0n) is 19.1. The summed E-state index contributed by atoms with van der Waals surface area (Å²) in [6, 6.07) is 2.41. The summed E-state index contributed by atoms with van der Waals surface area (Å²) in [6.45, 7) is 3.20. The van der Waals surface area contributed by atoms with Crippen LogP contribution in [-0.2, 0) is 14.3 Å². The van der Waals surface area contributed by atoms with E-state index in [1.54, 1.807) is 0 Å². The number of hydrogen-bond acceptors (Lipinski definition) is 8. The lowest BCUT2D eigenvalue weighted by Gasteiger charge is -2.25. The molecule has 2 rings (SSSR count). The molecule has 1 aliphatic rings. The van der Waals surface area contributed by atoms with Crippen LogP contribution in [0.5, 0.6) is 11.5 Å². The topological polar surface area (TPSA) is 124 Å². The number of amides is 2. The minimum absolute atomic E-state index is 0.0398. The summed E-state index contributed by atoms with van der Waals surface area (Å²) in [4.78, 5) is 38.9. The van der Waals surface area contributed by atoms with Gasteiger partial charge in [-0.2, -0.15) is 0 Å². The van der Waals surface area contributed by atoms with E-state index in [1.807, 2.05) is 0 Å². The maximum absolute atomic E-state index is 13.3. The van der Waals surface area contributed by atoms with Gasteiger partial charge >= 0.3 is 12.1 Å². The highest BCUT2D eigenvalue weighted by atomic mass is 35.6. The Morgan fingerprint density at radius 3 is 2.63 bits per heavy atom. The maximum atomic E-state index is 13.3. The Hall–Kier alpha value is -2.40. The molecule has 1 heterocycles. The third kappa shape index (κ3) is 8.96. The summed E-state index contributed by atoms with van der Waals surface area (Å²) in [5.74, 6) is -0.588. The molecule has 1 fully saturated rings. The number of carbonyl (C=O) groups is 3. The van der Waals surface area contributed by atoms with Gasteiger partial charge in [-0.15, -0.1) is 0 Å². The van der Waals surface area contributed by atoms with Crippen LogP contribution in [0.15, 0.2) is 24.8 Å². The average Bonchev–Trinajstić information content (AvgIpc) is 3.29. The molecule has 35 heavy (non-hydrogen) atoms. The molecule has 0 spiro atoms. The van der Waals surface area contributed by atoms with Gasteiger partial charge in [0.2, 0.25) is 3.79 Å². The number of benzene rings is 1. The van der Waals surface area contributed by atoms with Crippen molar-refractivity contribution in [3.8, 4) is 11.5 Å². The van der Waals surface area contributed by atoms with Crippen molar-refractivity contribution >= 4 is 58.5 Å². The van der Waals surface area contributed by atoms with Crippen molar-refractivity contribution in [3.63, 3.8) is 0 Å². The first-order valence-electron chi connectivity index (χ1n) is 10.6. The van der Waals surface area contributed by atoms with E-state index in [0.29, 0.717) is 13.0 Å². The van der Waals surface area contributed by atoms with E-state index in [1.165, 1.54) is 30.2 Å². The number of carbonyl (C=O) groups excluding carboxylic acids is 3. The summed E-state index contributed by atoms with van der Waals surface area (Å²) in [5.41, 5.74) is 0.115. The quantitative estimate of drug-likeness (QED) is 0.241. The number of nitrogens with one attached hydrogen (secondary N) is 1. The fourth-order valence-corrected chi connectivity index (χ4v) is 3.49. The van der Waals surface area contributed by atoms with E-state index in [-0.39, 0.29) is 55.0 Å². The lowest BCUT2D eigenvalue weighted by atomic mass is 10.1. The monoisotopic (exact) mass is 552 g/mol. The molecule has 1 aliphatic heterocycles. The first kappa shape index (κ1) is 28.8. The summed E-state index contributed by atoms with van der Waals surface area (Å²) in [5, 5.41) is 12.1. The molecule has 10 nitrogen and oxygen atoms in total. The van der Waals surface area contributed by atoms with Gasteiger partial charge in [-0.3, -0.25) is 14.9 Å². The highest BCUT2D eigenvalue weighted by Gasteiger charge is 2.32. The second-order valence-corrected chi connectivity index (χ2v) is 9.93. The summed E-state index contributed by atoms with van der Waals surface area (Å²) in [7, 11) is 1.38. The standard InChI is InChI=1S/C22H27Cl3N2O8/c1-3-8-34-19(29)6-9-33-18-11-16(26-21(31)35-13-22(23,24)25)15(10-17(18)32-2)20(30)27-7-4-5-14(27)12-28/h3,10-11,14,28H,1,4-9,12-13H2,2H3,(H,26,31)/t14-/m0/s1. The third-order valence-corrected chi connectivity index (χ3v) is 5.24. The van der Waals surface area contributed by atoms with E-state index < -0.39 is 28.4 Å². The number of alkyl halides is 3. The van der Waals surface area contributed by atoms with E-state index in [4.69, 9.17) is 53.8 Å². The molecule has 1 saturated heterocycles. The highest BCUT2D eigenvalue weighted by Crippen LogP contribution is 2.36. The van der Waals surface area contributed by atoms with Gasteiger partial charge in [-0.25, -0.2) is 4.79 Å². The molecule has 0 radical (unpaired) electrons. The number of ether oxygens (including phenoxy) is 4. The van der Waals surface area contributed by atoms with Gasteiger partial charge in [0.05, 0.1) is 44.0 Å². The predicted octanol–water partition coefficient (Wildman–Crippen LogP) is 3.71. The van der Waals surface area contributed by atoms with E-state index in [9.17, 15) is 19.5 Å². The van der Waals surface area contributed by atoms with Crippen molar-refractivity contribution in [2.24, 2.45) is 0 Å². The average molecular weight is 554 g/mol. The molecule has 194 valence electrons. The minimum atomic E-state index is -1.83. The van der Waals surface area contributed by atoms with E-state index in [0.717, 1.165) is 6.42 Å². The first-order valence-corrected chi connectivity index (χ1v) is 11.8. The number of anilines is 1. The van der Waals surface area contributed by atoms with Gasteiger partial charge in [-0.1, -0.05) is 47.5 Å². The van der Waals surface area contributed by atoms with Crippen molar-refractivity contribution in [2.75, 3.05) is 45.4 Å². The molecule has 0 saturated carbocycles. The van der Waals surface area contributed by atoms with Gasteiger partial charge < -0.3 is 29.0 Å². The Labute approximate surface area is 218 Å². The number of hydrogen-bond donors (Lipinski definition) is 2. The molecule has 2 N–H and O–H groups in total. The van der Waals surface area contributed by atoms with Crippen LogP contribution < -0.4 is 14.8 Å². The Kier molecular flexibility index (Phi) is 11.2. The number of esters is 1. The molecule has 1 aromatic rings. The molecule has 1 aromatic carbocycles. The smallest absolute Gasteiger partial charge is 0.411 e. The number of methoxy groups -OCH3 is 1. The van der Waals surface area contributed by atoms with Crippen LogP contribution in [0.1, 0.15) is 29.6 Å². The summed E-state index contributed by atoms with van der Waals surface area (Å²) < 4.78 is 19.0. The number of likely N-dealkylation sites (tertiary alicyclic amines) is 1. The molecule has 0 aromatic heterocycles. The Morgan fingerprint density at radius 2 is 2.00 bits per heavy atom. The first-order chi connectivity index (χ1) is 16.6. The van der Waals surface area contributed by atoms with Crippen molar-refractivity contribution in [2.45, 2.75) is 29.1 Å². The van der Waals surface area contributed by atoms with Crippen LogP contribution in [0.25, 0.3) is 0 Å². The van der Waals surface area contributed by atoms with Gasteiger partial charge in [-0.05, 0) is 18.9 Å². The molecule has 0 bridgehead atoms. The number of nitrogens with zero attached hydrogens (tertiary/aromatic N) is 1. The Morgan fingerprint density at radius 1 is 1.26 bits per heavy atom. The van der Waals surface area contributed by atoms with Gasteiger partial charge in [0, 0.05) is 12.6 Å². The van der Waals surface area contributed by atoms with E-state index in [2.05, 4.69) is 11.9 Å². The van der Waals surface area contributed by atoms with Crippen LogP contribution in [0, 0.1) is 0 Å². The number of rotatable bonds is 11. The van der Waals surface area contributed by atoms with Crippen molar-refractivity contribution < 1.29 is 38.4 Å². The molecule has 2 amide bonds. The Bertz CT molecular complexity index is 923. The molecular weight excluding hydrogens is 527 g/mol. The largest absolute Gasteiger partial charge is 0.493 e. The SMILES string of the molecule is C=CCOC(=O)CCOc1cc(NC(=O)OCC(Cl)(Cl)Cl)c(C(=O)N2CCC[C@H]2CO)cc1OC. The molecular formula is C22H27Cl3N2O8. The van der Waals surface area contributed by atoms with Gasteiger partial charge in [0.25, 0.3) is 5.91 Å². The zero-order valence-corrected chi connectivity index (χ0v) is 21.3. The molecule has 0 aliphatic carbocycles. The molecule has 13 heteroatoms. The second-order valence-electron chi connectivity index (χ2n) is 7.41.